The van der Waals surface area contributed by atoms with Crippen molar-refractivity contribution in [3.63, 3.8) is 0 Å². The third-order valence-corrected chi connectivity index (χ3v) is 6.01. The summed E-state index contributed by atoms with van der Waals surface area (Å²) in [5, 5.41) is 0. The van der Waals surface area contributed by atoms with Crippen LogP contribution in [0.5, 0.6) is 0 Å². The van der Waals surface area contributed by atoms with Crippen LogP contribution in [-0.2, 0) is 11.2 Å². The molecule has 0 N–H and O–H groups in total. The van der Waals surface area contributed by atoms with E-state index in [1.165, 1.54) is 5.56 Å². The number of hydrogen-bond donors (Lipinski definition) is 0. The summed E-state index contributed by atoms with van der Waals surface area (Å²) in [5.41, 5.74) is 4.22. The highest BCUT2D eigenvalue weighted by Gasteiger charge is 2.32. The fourth-order valence-corrected chi connectivity index (χ4v) is 4.22. The van der Waals surface area contributed by atoms with Gasteiger partial charge >= 0.3 is 0 Å². The molecule has 2 aliphatic heterocycles. The van der Waals surface area contributed by atoms with E-state index >= 15 is 0 Å². The molecule has 0 unspecified atom stereocenters. The lowest BCUT2D eigenvalue weighted by Gasteiger charge is -2.39. The molecule has 4 rings (SSSR count). The maximum atomic E-state index is 13.1. The smallest absolute Gasteiger partial charge is 0.244 e. The molecule has 1 amide bonds. The monoisotopic (exact) mass is 377 g/mol. The fourth-order valence-electron chi connectivity index (χ4n) is 4.22. The summed E-state index contributed by atoms with van der Waals surface area (Å²) >= 11 is 0. The van der Waals surface area contributed by atoms with Gasteiger partial charge < -0.3 is 9.80 Å². The zero-order valence-electron chi connectivity index (χ0n) is 16.6. The van der Waals surface area contributed by atoms with Gasteiger partial charge in [-0.3, -0.25) is 14.5 Å². The van der Waals surface area contributed by atoms with Gasteiger partial charge in [-0.2, -0.15) is 0 Å². The molecular weight excluding hydrogens is 350 g/mol. The predicted molar refractivity (Wildman–Crippen MR) is 112 cm³/mol. The molecule has 5 nitrogen and oxygen atoms in total. The summed E-state index contributed by atoms with van der Waals surface area (Å²) in [4.78, 5) is 31.1. The minimum absolute atomic E-state index is 0.0900. The number of piperazine rings is 1. The Hall–Kier alpha value is -2.66. The standard InChI is InChI=1S/C23H27N3O2/c1-17(23(28)26-12-11-20-5-3-4-6-22(20)26)24-13-15-25(16-14-24)21-9-7-19(8-10-21)18(2)27/h3-10,17H,11-16H2,1-2H3/t17-/m0/s1. The number of fused-ring (bicyclic) bond motifs is 1. The average Bonchev–Trinajstić information content (AvgIpc) is 3.17. The first-order valence-electron chi connectivity index (χ1n) is 10.0. The second-order valence-corrected chi connectivity index (χ2v) is 7.67. The first-order chi connectivity index (χ1) is 13.5. The quantitative estimate of drug-likeness (QED) is 0.769. The van der Waals surface area contributed by atoms with Crippen LogP contribution in [0, 0.1) is 0 Å². The van der Waals surface area contributed by atoms with Crippen molar-refractivity contribution in [2.24, 2.45) is 0 Å². The van der Waals surface area contributed by atoms with Gasteiger partial charge in [0.2, 0.25) is 5.91 Å². The Labute approximate surface area is 166 Å². The molecule has 0 aromatic heterocycles. The summed E-state index contributed by atoms with van der Waals surface area (Å²) in [6, 6.07) is 15.9. The second-order valence-electron chi connectivity index (χ2n) is 7.67. The van der Waals surface area contributed by atoms with Crippen molar-refractivity contribution >= 4 is 23.1 Å². The molecule has 2 heterocycles. The maximum Gasteiger partial charge on any atom is 0.244 e. The van der Waals surface area contributed by atoms with Crippen LogP contribution >= 0.6 is 0 Å². The van der Waals surface area contributed by atoms with Crippen molar-refractivity contribution in [3.05, 3.63) is 59.7 Å². The van der Waals surface area contributed by atoms with Crippen LogP contribution in [0.1, 0.15) is 29.8 Å². The molecule has 0 aliphatic carbocycles. The summed E-state index contributed by atoms with van der Waals surface area (Å²) < 4.78 is 0. The normalized spacial score (nSPS) is 18.1. The number of amides is 1. The van der Waals surface area contributed by atoms with E-state index in [4.69, 9.17) is 0 Å². The zero-order valence-corrected chi connectivity index (χ0v) is 16.6. The third-order valence-electron chi connectivity index (χ3n) is 6.01. The first-order valence-corrected chi connectivity index (χ1v) is 10.0. The number of benzene rings is 2. The van der Waals surface area contributed by atoms with Crippen molar-refractivity contribution in [1.29, 1.82) is 0 Å². The molecule has 0 spiro atoms. The van der Waals surface area contributed by atoms with Crippen LogP contribution in [0.2, 0.25) is 0 Å². The summed E-state index contributed by atoms with van der Waals surface area (Å²) in [6.07, 6.45) is 0.943. The van der Waals surface area contributed by atoms with Gasteiger partial charge in [0, 0.05) is 49.7 Å². The molecule has 5 heteroatoms. The van der Waals surface area contributed by atoms with E-state index in [1.807, 2.05) is 48.2 Å². The van der Waals surface area contributed by atoms with E-state index in [-0.39, 0.29) is 17.7 Å². The predicted octanol–water partition coefficient (Wildman–Crippen LogP) is 2.99. The van der Waals surface area contributed by atoms with Crippen LogP contribution in [0.25, 0.3) is 0 Å². The number of para-hydroxylation sites is 1. The lowest BCUT2D eigenvalue weighted by Crippen LogP contribution is -2.54. The van der Waals surface area contributed by atoms with Gasteiger partial charge in [-0.1, -0.05) is 18.2 Å². The Morgan fingerprint density at radius 2 is 1.57 bits per heavy atom. The van der Waals surface area contributed by atoms with Gasteiger partial charge in [0.05, 0.1) is 6.04 Å². The highest BCUT2D eigenvalue weighted by atomic mass is 16.2. The largest absolute Gasteiger partial charge is 0.369 e. The van der Waals surface area contributed by atoms with Crippen LogP contribution in [0.15, 0.2) is 48.5 Å². The molecule has 0 saturated carbocycles. The van der Waals surface area contributed by atoms with E-state index in [1.54, 1.807) is 6.92 Å². The third kappa shape index (κ3) is 3.54. The number of nitrogens with zero attached hydrogens (tertiary/aromatic N) is 3. The van der Waals surface area contributed by atoms with Gasteiger partial charge in [0.25, 0.3) is 0 Å². The number of carbonyl (C=O) groups excluding carboxylic acids is 2. The number of Topliss-reactive ketones (excluding diaryl/α,β-unsaturated/α-hetero) is 1. The number of anilines is 2. The molecule has 2 aromatic carbocycles. The van der Waals surface area contributed by atoms with Crippen LogP contribution < -0.4 is 9.80 Å². The number of hydrogen-bond acceptors (Lipinski definition) is 4. The van der Waals surface area contributed by atoms with Gasteiger partial charge in [0.1, 0.15) is 0 Å². The van der Waals surface area contributed by atoms with E-state index in [0.717, 1.165) is 56.1 Å². The second kappa shape index (κ2) is 7.76. The SMILES string of the molecule is CC(=O)c1ccc(N2CCN([C@@H](C)C(=O)N3CCc4ccccc43)CC2)cc1. The minimum Gasteiger partial charge on any atom is -0.369 e. The van der Waals surface area contributed by atoms with Gasteiger partial charge in [-0.25, -0.2) is 0 Å². The fraction of sp³-hybridized carbons (Fsp3) is 0.391. The molecule has 28 heavy (non-hydrogen) atoms. The number of ketones is 1. The highest BCUT2D eigenvalue weighted by molar-refractivity contribution is 5.98. The summed E-state index contributed by atoms with van der Waals surface area (Å²) in [7, 11) is 0. The Bertz CT molecular complexity index is 870. The van der Waals surface area contributed by atoms with Crippen molar-refractivity contribution < 1.29 is 9.59 Å². The van der Waals surface area contributed by atoms with Gasteiger partial charge in [-0.05, 0) is 56.2 Å². The van der Waals surface area contributed by atoms with Crippen molar-refractivity contribution in [1.82, 2.24) is 4.90 Å². The molecular formula is C23H27N3O2. The Morgan fingerprint density at radius 1 is 0.893 bits per heavy atom. The van der Waals surface area contributed by atoms with Crippen molar-refractivity contribution in [2.75, 3.05) is 42.5 Å². The topological polar surface area (TPSA) is 43.9 Å². The number of carbonyl (C=O) groups is 2. The molecule has 1 saturated heterocycles. The van der Waals surface area contributed by atoms with E-state index in [0.29, 0.717) is 0 Å². The van der Waals surface area contributed by atoms with E-state index in [2.05, 4.69) is 21.9 Å². The summed E-state index contributed by atoms with van der Waals surface area (Å²) in [6.45, 7) is 7.88. The molecule has 1 atom stereocenters. The average molecular weight is 377 g/mol. The maximum absolute atomic E-state index is 13.1. The van der Waals surface area contributed by atoms with Crippen molar-refractivity contribution in [3.8, 4) is 0 Å². The number of rotatable bonds is 4. The molecule has 2 aliphatic rings. The summed E-state index contributed by atoms with van der Waals surface area (Å²) in [5.74, 6) is 0.288. The minimum atomic E-state index is -0.117. The Balaban J connectivity index is 1.37. The zero-order chi connectivity index (χ0) is 19.7. The Kier molecular flexibility index (Phi) is 5.18. The van der Waals surface area contributed by atoms with E-state index < -0.39 is 0 Å². The molecule has 1 fully saturated rings. The van der Waals surface area contributed by atoms with E-state index in [9.17, 15) is 9.59 Å². The van der Waals surface area contributed by atoms with Gasteiger partial charge in [-0.15, -0.1) is 0 Å². The van der Waals surface area contributed by atoms with Crippen LogP contribution in [0.4, 0.5) is 11.4 Å². The van der Waals surface area contributed by atoms with Crippen LogP contribution in [-0.4, -0.2) is 55.4 Å². The lowest BCUT2D eigenvalue weighted by molar-refractivity contribution is -0.123. The highest BCUT2D eigenvalue weighted by Crippen LogP contribution is 2.28. The van der Waals surface area contributed by atoms with Gasteiger partial charge in [0.15, 0.2) is 5.78 Å². The molecule has 2 aromatic rings. The van der Waals surface area contributed by atoms with Crippen LogP contribution in [0.3, 0.4) is 0 Å². The molecule has 0 radical (unpaired) electrons. The lowest BCUT2D eigenvalue weighted by atomic mass is 10.1. The molecule has 0 bridgehead atoms. The molecule has 146 valence electrons. The first kappa shape index (κ1) is 18.7. The Morgan fingerprint density at radius 3 is 2.25 bits per heavy atom. The van der Waals surface area contributed by atoms with Crippen molar-refractivity contribution in [2.45, 2.75) is 26.3 Å².